The van der Waals surface area contributed by atoms with Gasteiger partial charge in [0.1, 0.15) is 0 Å². The minimum Gasteiger partial charge on any atom is -0.463 e. The fraction of sp³-hybridized carbons (Fsp3) is 0.909. The number of esters is 1. The van der Waals surface area contributed by atoms with Crippen LogP contribution in [0, 0.1) is 5.92 Å². The molecule has 0 aliphatic heterocycles. The number of alkyl halides is 7. The van der Waals surface area contributed by atoms with Crippen LogP contribution in [-0.4, -0.2) is 30.1 Å². The molecule has 1 atom stereocenters. The fourth-order valence-electron chi connectivity index (χ4n) is 1.37. The molecule has 0 aromatic rings. The van der Waals surface area contributed by atoms with Gasteiger partial charge >= 0.3 is 24.0 Å². The number of carbonyl (C=O) groups is 1. The molecule has 0 bridgehead atoms. The standard InChI is InChI=1S/C11H15F7O2/c1-4-7(8(19)20-6(2)3)5-9(12,13)10(14,15)11(16,17)18/h6-7H,4-5H2,1-3H3. The highest BCUT2D eigenvalue weighted by Crippen LogP contribution is 2.49. The summed E-state index contributed by atoms with van der Waals surface area (Å²) in [6.45, 7) is 4.01. The molecule has 0 aliphatic rings. The van der Waals surface area contributed by atoms with Crippen molar-refractivity contribution in [2.75, 3.05) is 0 Å². The Morgan fingerprint density at radius 2 is 1.50 bits per heavy atom. The zero-order valence-electron chi connectivity index (χ0n) is 11.0. The topological polar surface area (TPSA) is 26.3 Å². The van der Waals surface area contributed by atoms with Crippen LogP contribution < -0.4 is 0 Å². The zero-order chi connectivity index (χ0) is 16.4. The Hall–Kier alpha value is -1.02. The Morgan fingerprint density at radius 1 is 1.05 bits per heavy atom. The second-order valence-electron chi connectivity index (χ2n) is 4.57. The van der Waals surface area contributed by atoms with Crippen LogP contribution in [-0.2, 0) is 9.53 Å². The lowest BCUT2D eigenvalue weighted by molar-refractivity contribution is -0.357. The molecule has 0 aliphatic carbocycles. The van der Waals surface area contributed by atoms with E-state index in [2.05, 4.69) is 4.74 Å². The molecule has 120 valence electrons. The molecule has 0 spiro atoms. The second kappa shape index (κ2) is 6.17. The van der Waals surface area contributed by atoms with Crippen LogP contribution in [0.4, 0.5) is 30.7 Å². The maximum Gasteiger partial charge on any atom is 0.459 e. The van der Waals surface area contributed by atoms with Crippen molar-refractivity contribution >= 4 is 5.97 Å². The summed E-state index contributed by atoms with van der Waals surface area (Å²) >= 11 is 0. The van der Waals surface area contributed by atoms with Crippen LogP contribution in [0.1, 0.15) is 33.6 Å². The van der Waals surface area contributed by atoms with Gasteiger partial charge in [0, 0.05) is 6.42 Å². The number of hydrogen-bond acceptors (Lipinski definition) is 2. The Morgan fingerprint density at radius 3 is 1.80 bits per heavy atom. The number of rotatable bonds is 6. The van der Waals surface area contributed by atoms with E-state index in [0.29, 0.717) is 0 Å². The minimum atomic E-state index is -6.39. The van der Waals surface area contributed by atoms with Crippen molar-refractivity contribution in [3.8, 4) is 0 Å². The lowest BCUT2D eigenvalue weighted by Gasteiger charge is -2.30. The van der Waals surface area contributed by atoms with Gasteiger partial charge in [-0.15, -0.1) is 0 Å². The van der Waals surface area contributed by atoms with E-state index in [1.807, 2.05) is 0 Å². The molecular weight excluding hydrogens is 297 g/mol. The second-order valence-corrected chi connectivity index (χ2v) is 4.57. The van der Waals surface area contributed by atoms with E-state index in [9.17, 15) is 35.5 Å². The number of hydrogen-bond donors (Lipinski definition) is 0. The molecule has 0 amide bonds. The average Bonchev–Trinajstić information content (AvgIpc) is 2.22. The summed E-state index contributed by atoms with van der Waals surface area (Å²) in [6.07, 6.45) is -9.35. The molecule has 0 radical (unpaired) electrons. The first-order valence-corrected chi connectivity index (χ1v) is 5.79. The van der Waals surface area contributed by atoms with E-state index >= 15 is 0 Å². The summed E-state index contributed by atoms with van der Waals surface area (Å²) in [6, 6.07) is 0. The molecular formula is C11H15F7O2. The first-order chi connectivity index (χ1) is 8.76. The molecule has 0 heterocycles. The van der Waals surface area contributed by atoms with Crippen molar-refractivity contribution in [1.82, 2.24) is 0 Å². The third-order valence-corrected chi connectivity index (χ3v) is 2.50. The summed E-state index contributed by atoms with van der Waals surface area (Å²) in [7, 11) is 0. The summed E-state index contributed by atoms with van der Waals surface area (Å²) in [4.78, 5) is 11.4. The smallest absolute Gasteiger partial charge is 0.459 e. The summed E-state index contributed by atoms with van der Waals surface area (Å²) in [5.74, 6) is -14.5. The van der Waals surface area contributed by atoms with Crippen molar-refractivity contribution in [2.24, 2.45) is 5.92 Å². The van der Waals surface area contributed by atoms with Crippen LogP contribution in [0.25, 0.3) is 0 Å². The summed E-state index contributed by atoms with van der Waals surface area (Å²) < 4.78 is 92.1. The Balaban J connectivity index is 5.10. The van der Waals surface area contributed by atoms with Crippen molar-refractivity contribution in [1.29, 1.82) is 0 Å². The van der Waals surface area contributed by atoms with Gasteiger partial charge in [0.2, 0.25) is 0 Å². The van der Waals surface area contributed by atoms with Crippen LogP contribution in [0.2, 0.25) is 0 Å². The van der Waals surface area contributed by atoms with Gasteiger partial charge in [-0.2, -0.15) is 30.7 Å². The highest BCUT2D eigenvalue weighted by Gasteiger charge is 2.73. The molecule has 9 heteroatoms. The maximum atomic E-state index is 13.2. The molecule has 0 aromatic heterocycles. The largest absolute Gasteiger partial charge is 0.463 e. The summed E-state index contributed by atoms with van der Waals surface area (Å²) in [5, 5.41) is 0. The molecule has 0 saturated heterocycles. The quantitative estimate of drug-likeness (QED) is 0.543. The van der Waals surface area contributed by atoms with E-state index in [1.165, 1.54) is 20.8 Å². The first-order valence-electron chi connectivity index (χ1n) is 5.79. The van der Waals surface area contributed by atoms with Gasteiger partial charge in [-0.25, -0.2) is 0 Å². The van der Waals surface area contributed by atoms with Crippen molar-refractivity contribution < 1.29 is 40.3 Å². The van der Waals surface area contributed by atoms with Gasteiger partial charge in [0.25, 0.3) is 0 Å². The molecule has 0 fully saturated rings. The predicted molar refractivity (Wildman–Crippen MR) is 55.6 cm³/mol. The van der Waals surface area contributed by atoms with Crippen molar-refractivity contribution in [2.45, 2.75) is 57.7 Å². The highest BCUT2D eigenvalue weighted by molar-refractivity contribution is 5.72. The molecule has 20 heavy (non-hydrogen) atoms. The van der Waals surface area contributed by atoms with E-state index < -0.39 is 42.4 Å². The lowest BCUT2D eigenvalue weighted by Crippen LogP contribution is -2.53. The minimum absolute atomic E-state index is 0.338. The zero-order valence-corrected chi connectivity index (χ0v) is 11.0. The van der Waals surface area contributed by atoms with Gasteiger partial charge < -0.3 is 4.74 Å². The van der Waals surface area contributed by atoms with Gasteiger partial charge in [-0.05, 0) is 20.3 Å². The monoisotopic (exact) mass is 312 g/mol. The van der Waals surface area contributed by atoms with Crippen LogP contribution in [0.3, 0.4) is 0 Å². The number of halogens is 7. The number of ether oxygens (including phenoxy) is 1. The molecule has 1 unspecified atom stereocenters. The van der Waals surface area contributed by atoms with E-state index in [0.717, 1.165) is 0 Å². The average molecular weight is 312 g/mol. The van der Waals surface area contributed by atoms with Crippen molar-refractivity contribution in [3.63, 3.8) is 0 Å². The maximum absolute atomic E-state index is 13.2. The molecule has 0 saturated carbocycles. The van der Waals surface area contributed by atoms with Gasteiger partial charge in [-0.3, -0.25) is 4.79 Å². The highest BCUT2D eigenvalue weighted by atomic mass is 19.4. The van der Waals surface area contributed by atoms with Gasteiger partial charge in [0.15, 0.2) is 0 Å². The van der Waals surface area contributed by atoms with Crippen LogP contribution in [0.5, 0.6) is 0 Å². The molecule has 0 N–H and O–H groups in total. The molecule has 0 aromatic carbocycles. The Kier molecular flexibility index (Phi) is 5.86. The van der Waals surface area contributed by atoms with Crippen LogP contribution >= 0.6 is 0 Å². The van der Waals surface area contributed by atoms with E-state index in [-0.39, 0.29) is 6.42 Å². The van der Waals surface area contributed by atoms with Gasteiger partial charge in [-0.1, -0.05) is 6.92 Å². The predicted octanol–water partition coefficient (Wildman–Crippen LogP) is 4.19. The van der Waals surface area contributed by atoms with Gasteiger partial charge in [0.05, 0.1) is 12.0 Å². The third-order valence-electron chi connectivity index (χ3n) is 2.50. The Bertz CT molecular complexity index is 336. The lowest BCUT2D eigenvalue weighted by atomic mass is 9.94. The van der Waals surface area contributed by atoms with Crippen LogP contribution in [0.15, 0.2) is 0 Å². The fourth-order valence-corrected chi connectivity index (χ4v) is 1.37. The molecule has 2 nitrogen and oxygen atoms in total. The molecule has 0 rings (SSSR count). The SMILES string of the molecule is CCC(CC(F)(F)C(F)(F)C(F)(F)F)C(=O)OC(C)C. The third kappa shape index (κ3) is 4.24. The first kappa shape index (κ1) is 19.0. The summed E-state index contributed by atoms with van der Waals surface area (Å²) in [5.41, 5.74) is 0. The van der Waals surface area contributed by atoms with Crippen molar-refractivity contribution in [3.05, 3.63) is 0 Å². The van der Waals surface area contributed by atoms with E-state index in [4.69, 9.17) is 0 Å². The Labute approximate surface area is 111 Å². The van der Waals surface area contributed by atoms with E-state index in [1.54, 1.807) is 0 Å². The normalized spacial score (nSPS) is 15.3. The number of carbonyl (C=O) groups excluding carboxylic acids is 1.